The normalized spacial score (nSPS) is 22.3. The molecular weight excluding hydrogens is 546 g/mol. The number of carboxylic acids is 1. The first-order chi connectivity index (χ1) is 19.2. The van der Waals surface area contributed by atoms with Gasteiger partial charge in [0.05, 0.1) is 17.0 Å². The molecule has 1 N–H and O–H groups in total. The molecule has 2 heterocycles. The van der Waals surface area contributed by atoms with Crippen LogP contribution in [0, 0.1) is 17.8 Å². The van der Waals surface area contributed by atoms with Gasteiger partial charge in [-0.2, -0.15) is 26.3 Å². The number of fused-ring (bicyclic) bond motifs is 1. The fraction of sp³-hybridized carbons (Fsp3) is 0.581. The predicted octanol–water partition coefficient (Wildman–Crippen LogP) is 7.60. The Morgan fingerprint density at radius 1 is 0.951 bits per heavy atom. The maximum Gasteiger partial charge on any atom is 0.416 e. The number of anilines is 1. The van der Waals surface area contributed by atoms with Crippen LogP contribution in [0.2, 0.25) is 0 Å². The van der Waals surface area contributed by atoms with Crippen LogP contribution in [0.4, 0.5) is 32.0 Å². The number of halogens is 6. The number of hydrogen-bond donors (Lipinski definition) is 1. The molecule has 2 aliphatic heterocycles. The van der Waals surface area contributed by atoms with Crippen molar-refractivity contribution in [1.82, 2.24) is 4.90 Å². The third kappa shape index (κ3) is 6.37. The van der Waals surface area contributed by atoms with E-state index in [2.05, 4.69) is 30.1 Å². The lowest BCUT2D eigenvalue weighted by molar-refractivity contribution is -0.142. The summed E-state index contributed by atoms with van der Waals surface area (Å²) >= 11 is 0. The first-order valence-electron chi connectivity index (χ1n) is 14.3. The Hall–Kier alpha value is -2.75. The molecule has 3 atom stereocenters. The Balaban J connectivity index is 1.28. The minimum absolute atomic E-state index is 0.0211. The standard InChI is InChI=1S/C31H36F6N2O2/c1-18(29(40)41)28(21-4-5-21)22-6-3-19-7-10-26(38(2)27(19)16-22)20-11-13-39(14-12-20)17-23-15-24(30(32,33)34)8-9-25(23)31(35,36)37/h3,6,8-9,15-16,18,20-21,26,28H,4-5,7,10-14,17H2,1-2H3,(H,40,41)/t18-,26?,28?/m0/s1. The highest BCUT2D eigenvalue weighted by Crippen LogP contribution is 2.48. The summed E-state index contributed by atoms with van der Waals surface area (Å²) in [6.45, 7) is 2.62. The highest BCUT2D eigenvalue weighted by Gasteiger charge is 2.41. The molecule has 10 heteroatoms. The van der Waals surface area contributed by atoms with Crippen molar-refractivity contribution in [2.24, 2.45) is 17.8 Å². The van der Waals surface area contributed by atoms with Crippen molar-refractivity contribution >= 4 is 11.7 Å². The molecule has 4 nitrogen and oxygen atoms in total. The second kappa shape index (κ2) is 11.2. The molecular formula is C31H36F6N2O2. The van der Waals surface area contributed by atoms with Crippen LogP contribution in [0.15, 0.2) is 36.4 Å². The number of aryl methyl sites for hydroxylation is 1. The fourth-order valence-electron chi connectivity index (χ4n) is 7.05. The minimum atomic E-state index is -4.73. The van der Waals surface area contributed by atoms with Gasteiger partial charge in [0.15, 0.2) is 0 Å². The number of carboxylic acid groups (broad SMARTS) is 1. The fourth-order valence-corrected chi connectivity index (χ4v) is 7.05. The molecule has 1 saturated heterocycles. The highest BCUT2D eigenvalue weighted by atomic mass is 19.4. The molecule has 0 bridgehead atoms. The van der Waals surface area contributed by atoms with Gasteiger partial charge in [0.1, 0.15) is 0 Å². The molecule has 2 aromatic rings. The largest absolute Gasteiger partial charge is 0.481 e. The van der Waals surface area contributed by atoms with E-state index in [1.54, 1.807) is 6.92 Å². The zero-order chi connectivity index (χ0) is 29.7. The lowest BCUT2D eigenvalue weighted by Gasteiger charge is -2.44. The lowest BCUT2D eigenvalue weighted by Crippen LogP contribution is -2.46. The summed E-state index contributed by atoms with van der Waals surface area (Å²) in [7, 11) is 2.06. The maximum absolute atomic E-state index is 13.6. The number of alkyl halides is 6. The van der Waals surface area contributed by atoms with Crippen LogP contribution in [0.1, 0.15) is 72.8 Å². The zero-order valence-corrected chi connectivity index (χ0v) is 23.2. The van der Waals surface area contributed by atoms with Gasteiger partial charge in [0.25, 0.3) is 0 Å². The second-order valence-electron chi connectivity index (χ2n) is 12.1. The predicted molar refractivity (Wildman–Crippen MR) is 144 cm³/mol. The van der Waals surface area contributed by atoms with E-state index in [9.17, 15) is 36.2 Å². The van der Waals surface area contributed by atoms with Crippen LogP contribution in [-0.4, -0.2) is 42.2 Å². The Kier molecular flexibility index (Phi) is 8.09. The first kappa shape index (κ1) is 29.7. The summed E-state index contributed by atoms with van der Waals surface area (Å²) < 4.78 is 80.4. The lowest BCUT2D eigenvalue weighted by atomic mass is 9.79. The van der Waals surface area contributed by atoms with Crippen molar-refractivity contribution in [3.63, 3.8) is 0 Å². The van der Waals surface area contributed by atoms with Crippen LogP contribution in [0.25, 0.3) is 0 Å². The van der Waals surface area contributed by atoms with E-state index >= 15 is 0 Å². The van der Waals surface area contributed by atoms with Gasteiger partial charge in [-0.1, -0.05) is 19.1 Å². The summed E-state index contributed by atoms with van der Waals surface area (Å²) in [6.07, 6.45) is -4.03. The second-order valence-corrected chi connectivity index (χ2v) is 12.1. The minimum Gasteiger partial charge on any atom is -0.481 e. The van der Waals surface area contributed by atoms with Gasteiger partial charge in [-0.05, 0) is 110 Å². The van der Waals surface area contributed by atoms with Crippen molar-refractivity contribution in [2.75, 3.05) is 25.0 Å². The van der Waals surface area contributed by atoms with E-state index in [1.807, 2.05) is 4.90 Å². The van der Waals surface area contributed by atoms with Gasteiger partial charge in [-0.3, -0.25) is 9.69 Å². The SMILES string of the molecule is C[C@H](C(=O)O)C(c1ccc2c(c1)N(C)C(C1CCN(Cc3cc(C(F)(F)F)ccc3C(F)(F)F)CC1)CC2)C1CC1. The van der Waals surface area contributed by atoms with E-state index in [4.69, 9.17) is 0 Å². The Morgan fingerprint density at radius 3 is 2.22 bits per heavy atom. The molecule has 0 amide bonds. The number of nitrogens with zero attached hydrogens (tertiary/aromatic N) is 2. The van der Waals surface area contributed by atoms with Crippen LogP contribution >= 0.6 is 0 Å². The van der Waals surface area contributed by atoms with Crippen molar-refractivity contribution in [1.29, 1.82) is 0 Å². The van der Waals surface area contributed by atoms with Crippen LogP contribution < -0.4 is 4.90 Å². The average molecular weight is 583 g/mol. The Labute approximate surface area is 236 Å². The molecule has 1 aliphatic carbocycles. The van der Waals surface area contributed by atoms with Crippen LogP contribution in [0.5, 0.6) is 0 Å². The first-order valence-corrected chi connectivity index (χ1v) is 14.3. The smallest absolute Gasteiger partial charge is 0.416 e. The van der Waals surface area contributed by atoms with Gasteiger partial charge in [0, 0.05) is 25.3 Å². The summed E-state index contributed by atoms with van der Waals surface area (Å²) in [5.41, 5.74) is 0.968. The van der Waals surface area contributed by atoms with Crippen LogP contribution in [0.3, 0.4) is 0 Å². The van der Waals surface area contributed by atoms with Crippen molar-refractivity contribution in [3.05, 3.63) is 64.2 Å². The molecule has 2 aromatic carbocycles. The Morgan fingerprint density at radius 2 is 1.63 bits per heavy atom. The highest BCUT2D eigenvalue weighted by molar-refractivity contribution is 5.71. The van der Waals surface area contributed by atoms with E-state index in [-0.39, 0.29) is 24.1 Å². The number of hydrogen-bond acceptors (Lipinski definition) is 3. The topological polar surface area (TPSA) is 43.8 Å². The van der Waals surface area contributed by atoms with Crippen molar-refractivity contribution in [3.8, 4) is 0 Å². The molecule has 2 fully saturated rings. The molecule has 5 rings (SSSR count). The molecule has 224 valence electrons. The molecule has 41 heavy (non-hydrogen) atoms. The molecule has 1 saturated carbocycles. The molecule has 2 unspecified atom stereocenters. The van der Waals surface area contributed by atoms with Gasteiger partial charge in [-0.25, -0.2) is 0 Å². The molecule has 0 radical (unpaired) electrons. The Bertz CT molecular complexity index is 1260. The van der Waals surface area contributed by atoms with Gasteiger partial charge >= 0.3 is 18.3 Å². The van der Waals surface area contributed by atoms with E-state index in [1.165, 1.54) is 5.56 Å². The van der Waals surface area contributed by atoms with Crippen molar-refractivity contribution < 1.29 is 36.2 Å². The monoisotopic (exact) mass is 582 g/mol. The molecule has 3 aliphatic rings. The van der Waals surface area contributed by atoms with Gasteiger partial charge in [-0.15, -0.1) is 0 Å². The summed E-state index contributed by atoms with van der Waals surface area (Å²) in [5, 5.41) is 9.69. The number of benzene rings is 2. The van der Waals surface area contributed by atoms with Gasteiger partial charge in [0.2, 0.25) is 0 Å². The van der Waals surface area contributed by atoms with Crippen molar-refractivity contribution in [2.45, 2.75) is 76.3 Å². The summed E-state index contributed by atoms with van der Waals surface area (Å²) in [4.78, 5) is 15.9. The number of piperidine rings is 1. The van der Waals surface area contributed by atoms with Crippen LogP contribution in [-0.2, 0) is 30.1 Å². The quantitative estimate of drug-likeness (QED) is 0.342. The van der Waals surface area contributed by atoms with E-state index in [0.717, 1.165) is 49.8 Å². The third-order valence-corrected chi connectivity index (χ3v) is 9.45. The summed E-state index contributed by atoms with van der Waals surface area (Å²) in [6, 6.07) is 8.27. The third-order valence-electron chi connectivity index (χ3n) is 9.45. The number of rotatable bonds is 7. The zero-order valence-electron chi connectivity index (χ0n) is 23.2. The number of aliphatic carboxylic acids is 1. The molecule has 0 spiro atoms. The summed E-state index contributed by atoms with van der Waals surface area (Å²) in [5.74, 6) is -0.585. The maximum atomic E-state index is 13.6. The van der Waals surface area contributed by atoms with Gasteiger partial charge < -0.3 is 10.0 Å². The van der Waals surface area contributed by atoms with E-state index < -0.39 is 35.4 Å². The number of likely N-dealkylation sites (tertiary alicyclic amines) is 1. The average Bonchev–Trinajstić information content (AvgIpc) is 3.74. The number of carbonyl (C=O) groups is 1. The van der Waals surface area contributed by atoms with E-state index in [0.29, 0.717) is 43.1 Å². The molecule has 0 aromatic heterocycles.